The number of nitriles is 2. The van der Waals surface area contributed by atoms with Crippen LogP contribution in [0.15, 0.2) is 199 Å². The van der Waals surface area contributed by atoms with E-state index in [9.17, 15) is 13.2 Å². The standard InChI is InChI=1S/C39H32OP2.C11H14ClFN2O.C11H10ClFN2O.C7H2BrClFN.C4H9NO/c1-39(2)33-25-15-27-35(41(29-17-7-3-8-18-29)30-19-9-4-10-20-30)37(33)40-38-34(39)26-16-28-36(38)42(31-21-11-5-12-22-31)32-23-13-6-14-24-32;2*12-10-6-9(5-8(7-14)11(10)13)15-1-3-16-4-2-15;8-5-1-4(3-11)7(10)6(9)2-5;1-3-6-4-2-5-1/h3-28H,1-2H3;5-6H,1-4,7,14H2;5-6H,1-4H2;1-2H;5H,1-4H2. The molecule has 0 saturated carbocycles. The number of rotatable bonds is 9. The molecule has 13 rings (SSSR count). The molecule has 3 fully saturated rings. The van der Waals surface area contributed by atoms with Crippen LogP contribution in [0.5, 0.6) is 11.5 Å². The van der Waals surface area contributed by atoms with Gasteiger partial charge in [0.2, 0.25) is 0 Å². The first-order valence-electron chi connectivity index (χ1n) is 29.5. The van der Waals surface area contributed by atoms with E-state index in [1.807, 2.05) is 4.90 Å². The molecule has 0 aliphatic carbocycles. The third kappa shape index (κ3) is 17.5. The summed E-state index contributed by atoms with van der Waals surface area (Å²) >= 11 is 20.1. The molecule has 0 atom stereocenters. The van der Waals surface area contributed by atoms with Crippen molar-refractivity contribution in [2.24, 2.45) is 5.73 Å². The Hall–Kier alpha value is -6.84. The van der Waals surface area contributed by atoms with Gasteiger partial charge in [0, 0.05) is 94.4 Å². The number of nitrogens with two attached hydrogens (primary N) is 1. The summed E-state index contributed by atoms with van der Waals surface area (Å²) in [7, 11) is -1.65. The molecule has 10 nitrogen and oxygen atoms in total. The smallest absolute Gasteiger partial charge is 0.159 e. The molecule has 9 aromatic carbocycles. The van der Waals surface area contributed by atoms with Crippen LogP contribution < -0.4 is 57.4 Å². The first-order chi connectivity index (χ1) is 44.2. The highest BCUT2D eigenvalue weighted by Gasteiger charge is 2.39. The number of para-hydroxylation sites is 2. The molecule has 0 spiro atoms. The van der Waals surface area contributed by atoms with Crippen molar-refractivity contribution in [1.29, 1.82) is 10.5 Å². The maximum Gasteiger partial charge on any atom is 0.159 e. The van der Waals surface area contributed by atoms with Crippen molar-refractivity contribution in [3.8, 4) is 23.6 Å². The first-order valence-corrected chi connectivity index (χ1v) is 34.1. The minimum Gasteiger partial charge on any atom is -0.455 e. The number of hydrogen-bond donors (Lipinski definition) is 2. The average Bonchev–Trinajstić information content (AvgIpc) is 0.748. The molecule has 19 heteroatoms. The van der Waals surface area contributed by atoms with Crippen LogP contribution in [0, 0.1) is 40.1 Å². The second-order valence-electron chi connectivity index (χ2n) is 21.5. The Bertz CT molecular complexity index is 3730. The number of halogens is 7. The Morgan fingerprint density at radius 2 is 0.879 bits per heavy atom. The van der Waals surface area contributed by atoms with E-state index < -0.39 is 33.3 Å². The molecule has 0 amide bonds. The van der Waals surface area contributed by atoms with Gasteiger partial charge in [-0.15, -0.1) is 0 Å². The summed E-state index contributed by atoms with van der Waals surface area (Å²) in [5.74, 6) is 0.286. The summed E-state index contributed by atoms with van der Waals surface area (Å²) < 4.78 is 63.0. The molecular formula is C72H67BrCl3F3N6O4P2. The van der Waals surface area contributed by atoms with Crippen molar-refractivity contribution >= 4 is 110 Å². The van der Waals surface area contributed by atoms with Crippen LogP contribution in [0.2, 0.25) is 15.1 Å². The number of morpholine rings is 3. The van der Waals surface area contributed by atoms with Gasteiger partial charge < -0.3 is 39.8 Å². The Morgan fingerprint density at radius 3 is 1.25 bits per heavy atom. The van der Waals surface area contributed by atoms with Crippen molar-refractivity contribution in [3.05, 3.63) is 259 Å². The van der Waals surface area contributed by atoms with Gasteiger partial charge >= 0.3 is 0 Å². The van der Waals surface area contributed by atoms with E-state index >= 15 is 0 Å². The van der Waals surface area contributed by atoms with E-state index in [1.54, 1.807) is 30.3 Å². The van der Waals surface area contributed by atoms with Crippen molar-refractivity contribution < 1.29 is 32.1 Å². The summed E-state index contributed by atoms with van der Waals surface area (Å²) in [5, 5.41) is 28.2. The van der Waals surface area contributed by atoms with Crippen molar-refractivity contribution in [2.75, 3.05) is 88.7 Å². The van der Waals surface area contributed by atoms with Gasteiger partial charge in [-0.05, 0) is 73.5 Å². The van der Waals surface area contributed by atoms with Gasteiger partial charge in [0.1, 0.15) is 29.5 Å². The lowest BCUT2D eigenvalue weighted by atomic mass is 9.76. The van der Waals surface area contributed by atoms with Gasteiger partial charge in [-0.1, -0.05) is 222 Å². The topological polar surface area (TPSA) is 129 Å². The second-order valence-corrected chi connectivity index (χ2v) is 28.0. The zero-order chi connectivity index (χ0) is 64.3. The zero-order valence-corrected chi connectivity index (χ0v) is 55.8. The van der Waals surface area contributed by atoms with Crippen molar-refractivity contribution in [1.82, 2.24) is 5.32 Å². The highest BCUT2D eigenvalue weighted by atomic mass is 79.9. The molecule has 9 aromatic rings. The highest BCUT2D eigenvalue weighted by molar-refractivity contribution is 9.10. The largest absolute Gasteiger partial charge is 0.455 e. The Balaban J connectivity index is 0.000000162. The molecule has 3 saturated heterocycles. The van der Waals surface area contributed by atoms with Gasteiger partial charge in [0.15, 0.2) is 11.6 Å². The Labute approximate surface area is 556 Å². The van der Waals surface area contributed by atoms with Gasteiger partial charge in [0.05, 0.1) is 65.8 Å². The molecule has 0 aromatic heterocycles. The molecule has 4 aliphatic heterocycles. The number of hydrogen-bond acceptors (Lipinski definition) is 10. The number of nitrogens with zero attached hydrogens (tertiary/aromatic N) is 4. The zero-order valence-electron chi connectivity index (χ0n) is 50.2. The van der Waals surface area contributed by atoms with Gasteiger partial charge in [-0.25, -0.2) is 13.2 Å². The summed E-state index contributed by atoms with van der Waals surface area (Å²) in [4.78, 5) is 4.14. The number of ether oxygens (including phenoxy) is 4. The maximum atomic E-state index is 13.5. The van der Waals surface area contributed by atoms with Gasteiger partial charge in [-0.2, -0.15) is 10.5 Å². The molecule has 468 valence electrons. The minimum atomic E-state index is -0.824. The summed E-state index contributed by atoms with van der Waals surface area (Å²) in [5.41, 5.74) is 9.80. The number of benzene rings is 9. The summed E-state index contributed by atoms with van der Waals surface area (Å²) in [6.45, 7) is 14.4. The van der Waals surface area contributed by atoms with Crippen LogP contribution in [-0.4, -0.2) is 78.9 Å². The molecule has 0 radical (unpaired) electrons. The van der Waals surface area contributed by atoms with Crippen LogP contribution in [-0.2, 0) is 26.2 Å². The molecule has 4 aliphatic rings. The predicted molar refractivity (Wildman–Crippen MR) is 372 cm³/mol. The normalized spacial score (nSPS) is 14.6. The fourth-order valence-corrected chi connectivity index (χ4v) is 16.7. The van der Waals surface area contributed by atoms with E-state index in [2.05, 4.69) is 198 Å². The van der Waals surface area contributed by atoms with Crippen LogP contribution >= 0.6 is 66.6 Å². The quantitative estimate of drug-likeness (QED) is 0.106. The van der Waals surface area contributed by atoms with Crippen LogP contribution in [0.1, 0.15) is 41.7 Å². The SMILES string of the molecule is C1COCCN1.CC1(C)c2cccc(P(c3ccccc3)c3ccccc3)c2Oc2c(P(c3ccccc3)c3ccccc3)cccc21.N#Cc1cc(Br)cc(Cl)c1F.N#Cc1cc(N2CCOCC2)cc(Cl)c1F.NCc1cc(N2CCOCC2)cc(Cl)c1F. The maximum absolute atomic E-state index is 13.5. The van der Waals surface area contributed by atoms with Gasteiger partial charge in [-0.3, -0.25) is 0 Å². The van der Waals surface area contributed by atoms with Crippen LogP contribution in [0.25, 0.3) is 0 Å². The van der Waals surface area contributed by atoms with Crippen LogP contribution in [0.3, 0.4) is 0 Å². The summed E-state index contributed by atoms with van der Waals surface area (Å²) in [6, 6.07) is 69.9. The third-order valence-electron chi connectivity index (χ3n) is 15.2. The van der Waals surface area contributed by atoms with Crippen molar-refractivity contribution in [2.45, 2.75) is 25.8 Å². The number of nitrogens with one attached hydrogen (secondary N) is 1. The van der Waals surface area contributed by atoms with Crippen LogP contribution in [0.4, 0.5) is 24.5 Å². The number of fused-ring (bicyclic) bond motifs is 2. The molecule has 0 unspecified atom stereocenters. The lowest BCUT2D eigenvalue weighted by Gasteiger charge is -2.38. The Morgan fingerprint density at radius 1 is 0.505 bits per heavy atom. The third-order valence-corrected chi connectivity index (χ3v) is 21.4. The lowest BCUT2D eigenvalue weighted by Crippen LogP contribution is -2.36. The lowest BCUT2D eigenvalue weighted by molar-refractivity contribution is 0.109. The van der Waals surface area contributed by atoms with E-state index in [-0.39, 0.29) is 38.2 Å². The average molecular weight is 1390 g/mol. The fraction of sp³-hybridized carbons (Fsp3) is 0.222. The molecule has 3 N–H and O–H groups in total. The Kier molecular flexibility index (Phi) is 25.3. The molecule has 0 bridgehead atoms. The highest BCUT2D eigenvalue weighted by Crippen LogP contribution is 2.52. The van der Waals surface area contributed by atoms with Crippen molar-refractivity contribution in [3.63, 3.8) is 0 Å². The number of anilines is 2. The molecule has 91 heavy (non-hydrogen) atoms. The van der Waals surface area contributed by atoms with E-state index in [0.29, 0.717) is 36.5 Å². The van der Waals surface area contributed by atoms with Gasteiger partial charge in [0.25, 0.3) is 0 Å². The molecule has 4 heterocycles. The first kappa shape index (κ1) is 68.5. The minimum absolute atomic E-state index is 0.0134. The summed E-state index contributed by atoms with van der Waals surface area (Å²) in [6.07, 6.45) is 0. The van der Waals surface area contributed by atoms with E-state index in [1.165, 1.54) is 61.2 Å². The molecular weight excluding hydrogens is 1320 g/mol. The fourth-order valence-electron chi connectivity index (χ4n) is 10.6. The van der Waals surface area contributed by atoms with E-state index in [4.69, 9.17) is 70.0 Å². The second kappa shape index (κ2) is 33.6. The van der Waals surface area contributed by atoms with E-state index in [0.717, 1.165) is 75.4 Å². The predicted octanol–water partition coefficient (Wildman–Crippen LogP) is 14.3. The monoisotopic (exact) mass is 1380 g/mol.